The summed E-state index contributed by atoms with van der Waals surface area (Å²) in [4.78, 5) is 0. The Labute approximate surface area is 152 Å². The van der Waals surface area contributed by atoms with Gasteiger partial charge in [0.05, 0.1) is 19.8 Å². The summed E-state index contributed by atoms with van der Waals surface area (Å²) in [5.74, 6) is 0. The Bertz CT molecular complexity index is 650. The van der Waals surface area contributed by atoms with Crippen LogP contribution in [0.2, 0.25) is 0 Å². The molecule has 0 radical (unpaired) electrons. The van der Waals surface area contributed by atoms with Gasteiger partial charge in [-0.3, -0.25) is 0 Å². The fraction of sp³-hybridized carbons (Fsp3) is 0.400. The lowest BCUT2D eigenvalue weighted by molar-refractivity contribution is -0.160. The van der Waals surface area contributed by atoms with Crippen LogP contribution in [0.15, 0.2) is 60.7 Å². The molecule has 6 heteroatoms. The Kier molecular flexibility index (Phi) is 6.73. The number of hydrogen-bond acceptors (Lipinski definition) is 6. The van der Waals surface area contributed by atoms with Crippen molar-refractivity contribution in [1.82, 2.24) is 0 Å². The monoisotopic (exact) mass is 360 g/mol. The summed E-state index contributed by atoms with van der Waals surface area (Å²) >= 11 is 0. The summed E-state index contributed by atoms with van der Waals surface area (Å²) in [6.07, 6.45) is -4.78. The SMILES string of the molecule is OC[C@H](O)[C@@H]1O[C@H](O)[C@H](OCc2ccccc2)[C@H]1OCc1ccccc1. The molecule has 26 heavy (non-hydrogen) atoms. The topological polar surface area (TPSA) is 88.4 Å². The van der Waals surface area contributed by atoms with E-state index in [0.29, 0.717) is 0 Å². The Morgan fingerprint density at radius 3 is 1.85 bits per heavy atom. The first kappa shape index (κ1) is 19.0. The highest BCUT2D eigenvalue weighted by Crippen LogP contribution is 2.29. The Hall–Kier alpha value is -1.80. The van der Waals surface area contributed by atoms with Crippen LogP contribution < -0.4 is 0 Å². The molecule has 1 saturated heterocycles. The molecule has 0 spiro atoms. The van der Waals surface area contributed by atoms with Gasteiger partial charge >= 0.3 is 0 Å². The zero-order valence-corrected chi connectivity index (χ0v) is 14.3. The zero-order chi connectivity index (χ0) is 18.4. The van der Waals surface area contributed by atoms with Crippen molar-refractivity contribution in [2.45, 2.75) is 43.9 Å². The van der Waals surface area contributed by atoms with Gasteiger partial charge < -0.3 is 29.5 Å². The quantitative estimate of drug-likeness (QED) is 0.656. The molecule has 1 aliphatic heterocycles. The minimum Gasteiger partial charge on any atom is -0.394 e. The summed E-state index contributed by atoms with van der Waals surface area (Å²) < 4.78 is 17.2. The smallest absolute Gasteiger partial charge is 0.184 e. The van der Waals surface area contributed by atoms with Crippen molar-refractivity contribution >= 4 is 0 Å². The minimum absolute atomic E-state index is 0.277. The van der Waals surface area contributed by atoms with Crippen LogP contribution >= 0.6 is 0 Å². The predicted octanol–water partition coefficient (Wildman–Crippen LogP) is 1.23. The summed E-state index contributed by atoms with van der Waals surface area (Å²) in [5.41, 5.74) is 1.90. The van der Waals surface area contributed by atoms with Crippen molar-refractivity contribution in [3.63, 3.8) is 0 Å². The third-order valence-corrected chi connectivity index (χ3v) is 4.36. The van der Waals surface area contributed by atoms with Gasteiger partial charge in [-0.2, -0.15) is 0 Å². The van der Waals surface area contributed by atoms with E-state index in [1.165, 1.54) is 0 Å². The van der Waals surface area contributed by atoms with E-state index in [1.807, 2.05) is 60.7 Å². The van der Waals surface area contributed by atoms with E-state index in [-0.39, 0.29) is 13.2 Å². The van der Waals surface area contributed by atoms with Gasteiger partial charge in [0.25, 0.3) is 0 Å². The van der Waals surface area contributed by atoms with Crippen molar-refractivity contribution in [2.24, 2.45) is 0 Å². The highest BCUT2D eigenvalue weighted by molar-refractivity contribution is 5.14. The lowest BCUT2D eigenvalue weighted by Gasteiger charge is -2.25. The molecule has 3 rings (SSSR count). The van der Waals surface area contributed by atoms with Gasteiger partial charge in [0.1, 0.15) is 24.4 Å². The Balaban J connectivity index is 1.69. The maximum Gasteiger partial charge on any atom is 0.184 e. The molecule has 3 N–H and O–H groups in total. The van der Waals surface area contributed by atoms with E-state index in [1.54, 1.807) is 0 Å². The molecule has 1 fully saturated rings. The number of ether oxygens (including phenoxy) is 3. The summed E-state index contributed by atoms with van der Waals surface area (Å²) in [7, 11) is 0. The average molecular weight is 360 g/mol. The van der Waals surface area contributed by atoms with Gasteiger partial charge in [0, 0.05) is 0 Å². The maximum absolute atomic E-state index is 10.2. The molecule has 6 nitrogen and oxygen atoms in total. The fourth-order valence-corrected chi connectivity index (χ4v) is 2.98. The third kappa shape index (κ3) is 4.67. The molecule has 1 aliphatic rings. The number of rotatable bonds is 8. The predicted molar refractivity (Wildman–Crippen MR) is 94.0 cm³/mol. The second kappa shape index (κ2) is 9.23. The van der Waals surface area contributed by atoms with Crippen LogP contribution in [0.3, 0.4) is 0 Å². The molecule has 0 aliphatic carbocycles. The second-order valence-electron chi connectivity index (χ2n) is 6.26. The average Bonchev–Trinajstić information content (AvgIpc) is 3.01. The standard InChI is InChI=1S/C20H24O6/c21-11-16(22)17-18(24-12-14-7-3-1-4-8-14)19(20(23)26-17)25-13-15-9-5-2-6-10-15/h1-10,16-23H,11-13H2/t16-,17-,18-,19+,20-/m0/s1. The summed E-state index contributed by atoms with van der Waals surface area (Å²) in [6, 6.07) is 19.1. The van der Waals surface area contributed by atoms with Crippen LogP contribution in [0.4, 0.5) is 0 Å². The van der Waals surface area contributed by atoms with E-state index in [4.69, 9.17) is 14.2 Å². The number of aliphatic hydroxyl groups is 3. The lowest BCUT2D eigenvalue weighted by Crippen LogP contribution is -2.43. The van der Waals surface area contributed by atoms with Crippen LogP contribution in [-0.4, -0.2) is 52.6 Å². The molecule has 2 aromatic rings. The van der Waals surface area contributed by atoms with Gasteiger partial charge in [-0.25, -0.2) is 0 Å². The number of hydrogen-bond donors (Lipinski definition) is 3. The Morgan fingerprint density at radius 2 is 1.35 bits per heavy atom. The second-order valence-corrected chi connectivity index (χ2v) is 6.26. The van der Waals surface area contributed by atoms with Crippen LogP contribution in [0.25, 0.3) is 0 Å². The summed E-state index contributed by atoms with van der Waals surface area (Å²) in [5, 5.41) is 29.5. The van der Waals surface area contributed by atoms with E-state index < -0.39 is 37.3 Å². The van der Waals surface area contributed by atoms with Crippen LogP contribution in [0.1, 0.15) is 11.1 Å². The molecule has 5 atom stereocenters. The zero-order valence-electron chi connectivity index (χ0n) is 14.3. The summed E-state index contributed by atoms with van der Waals surface area (Å²) in [6.45, 7) is 0.0640. The van der Waals surface area contributed by atoms with Crippen LogP contribution in [-0.2, 0) is 27.4 Å². The number of benzene rings is 2. The molecule has 1 heterocycles. The largest absolute Gasteiger partial charge is 0.394 e. The first-order valence-electron chi connectivity index (χ1n) is 8.62. The van der Waals surface area contributed by atoms with Crippen molar-refractivity contribution in [1.29, 1.82) is 0 Å². The van der Waals surface area contributed by atoms with Gasteiger partial charge in [0.15, 0.2) is 6.29 Å². The first-order valence-corrected chi connectivity index (χ1v) is 8.62. The highest BCUT2D eigenvalue weighted by Gasteiger charge is 2.48. The molecule has 140 valence electrons. The molecule has 2 aromatic carbocycles. The Morgan fingerprint density at radius 1 is 0.846 bits per heavy atom. The van der Waals surface area contributed by atoms with E-state index in [0.717, 1.165) is 11.1 Å². The van der Waals surface area contributed by atoms with Gasteiger partial charge in [-0.15, -0.1) is 0 Å². The third-order valence-electron chi connectivity index (χ3n) is 4.36. The van der Waals surface area contributed by atoms with Crippen LogP contribution in [0.5, 0.6) is 0 Å². The van der Waals surface area contributed by atoms with Crippen molar-refractivity contribution in [2.75, 3.05) is 6.61 Å². The normalized spacial score (nSPS) is 26.7. The van der Waals surface area contributed by atoms with Gasteiger partial charge in [-0.05, 0) is 11.1 Å². The molecule has 0 saturated carbocycles. The minimum atomic E-state index is -1.24. The maximum atomic E-state index is 10.2. The van der Waals surface area contributed by atoms with Crippen molar-refractivity contribution < 1.29 is 29.5 Å². The molecule has 0 unspecified atom stereocenters. The number of aliphatic hydroxyl groups excluding tert-OH is 3. The van der Waals surface area contributed by atoms with Gasteiger partial charge in [-0.1, -0.05) is 60.7 Å². The van der Waals surface area contributed by atoms with Crippen LogP contribution in [0, 0.1) is 0 Å². The van der Waals surface area contributed by atoms with Crippen molar-refractivity contribution in [3.05, 3.63) is 71.8 Å². The van der Waals surface area contributed by atoms with E-state index >= 15 is 0 Å². The molecule has 0 amide bonds. The van der Waals surface area contributed by atoms with Crippen molar-refractivity contribution in [3.8, 4) is 0 Å². The van der Waals surface area contributed by atoms with E-state index in [2.05, 4.69) is 0 Å². The molecule has 0 aromatic heterocycles. The highest BCUT2D eigenvalue weighted by atomic mass is 16.7. The lowest BCUT2D eigenvalue weighted by atomic mass is 10.1. The van der Waals surface area contributed by atoms with Gasteiger partial charge in [0.2, 0.25) is 0 Å². The fourth-order valence-electron chi connectivity index (χ4n) is 2.98. The molecule has 0 bridgehead atoms. The molecular weight excluding hydrogens is 336 g/mol. The van der Waals surface area contributed by atoms with E-state index in [9.17, 15) is 15.3 Å². The molecular formula is C20H24O6. The first-order chi connectivity index (χ1) is 12.7.